The van der Waals surface area contributed by atoms with Crippen LogP contribution in [-0.2, 0) is 4.74 Å². The second-order valence-electron chi connectivity index (χ2n) is 3.88. The number of rotatable bonds is 4. The molecule has 0 aromatic heterocycles. The summed E-state index contributed by atoms with van der Waals surface area (Å²) in [6, 6.07) is 0.194. The number of hydrogen-bond acceptors (Lipinski definition) is 2. The Bertz CT molecular complexity index is 147. The first-order valence-electron chi connectivity index (χ1n) is 4.92. The van der Waals surface area contributed by atoms with Crippen molar-refractivity contribution in [1.82, 2.24) is 5.32 Å². The van der Waals surface area contributed by atoms with Crippen molar-refractivity contribution in [2.45, 2.75) is 40.7 Å². The summed E-state index contributed by atoms with van der Waals surface area (Å²) in [5.41, 5.74) is 0. The van der Waals surface area contributed by atoms with Crippen molar-refractivity contribution in [3.05, 3.63) is 0 Å². The fourth-order valence-corrected chi connectivity index (χ4v) is 1.41. The molecule has 0 heterocycles. The molecule has 1 N–H and O–H groups in total. The van der Waals surface area contributed by atoms with Crippen molar-refractivity contribution in [2.24, 2.45) is 11.8 Å². The SMILES string of the molecule is CCOC(=O)NC(C(C)C)C(C)C. The lowest BCUT2D eigenvalue weighted by Crippen LogP contribution is -2.42. The molecule has 0 bridgehead atoms. The second-order valence-corrected chi connectivity index (χ2v) is 3.88. The van der Waals surface area contributed by atoms with Crippen LogP contribution in [0, 0.1) is 11.8 Å². The zero-order valence-corrected chi connectivity index (χ0v) is 9.26. The molecule has 0 aromatic rings. The van der Waals surface area contributed by atoms with E-state index in [2.05, 4.69) is 33.0 Å². The third-order valence-corrected chi connectivity index (χ3v) is 2.00. The van der Waals surface area contributed by atoms with Crippen molar-refractivity contribution in [1.29, 1.82) is 0 Å². The second kappa shape index (κ2) is 5.84. The summed E-state index contributed by atoms with van der Waals surface area (Å²) in [5, 5.41) is 2.86. The van der Waals surface area contributed by atoms with E-state index in [1.54, 1.807) is 6.92 Å². The van der Waals surface area contributed by atoms with E-state index in [-0.39, 0.29) is 12.1 Å². The quantitative estimate of drug-likeness (QED) is 0.734. The van der Waals surface area contributed by atoms with Crippen LogP contribution in [-0.4, -0.2) is 18.7 Å². The van der Waals surface area contributed by atoms with Gasteiger partial charge in [-0.2, -0.15) is 0 Å². The molecular formula is C10H21NO2. The normalized spacial score (nSPS) is 11.1. The molecule has 0 fully saturated rings. The number of hydrogen-bond donors (Lipinski definition) is 1. The maximum Gasteiger partial charge on any atom is 0.407 e. The summed E-state index contributed by atoms with van der Waals surface area (Å²) in [7, 11) is 0. The Hall–Kier alpha value is -0.730. The van der Waals surface area contributed by atoms with Gasteiger partial charge in [0, 0.05) is 6.04 Å². The third-order valence-electron chi connectivity index (χ3n) is 2.00. The van der Waals surface area contributed by atoms with Gasteiger partial charge in [-0.15, -0.1) is 0 Å². The molecule has 3 nitrogen and oxygen atoms in total. The van der Waals surface area contributed by atoms with Crippen LogP contribution in [0.4, 0.5) is 4.79 Å². The first-order chi connectivity index (χ1) is 5.99. The monoisotopic (exact) mass is 187 g/mol. The van der Waals surface area contributed by atoms with Gasteiger partial charge in [-0.25, -0.2) is 4.79 Å². The van der Waals surface area contributed by atoms with Gasteiger partial charge >= 0.3 is 6.09 Å². The molecule has 0 aromatic carbocycles. The molecule has 0 rings (SSSR count). The highest BCUT2D eigenvalue weighted by atomic mass is 16.5. The van der Waals surface area contributed by atoms with Crippen LogP contribution >= 0.6 is 0 Å². The molecule has 0 aliphatic rings. The number of carbonyl (C=O) groups is 1. The molecule has 0 radical (unpaired) electrons. The van der Waals surface area contributed by atoms with Gasteiger partial charge in [0.25, 0.3) is 0 Å². The van der Waals surface area contributed by atoms with E-state index in [1.165, 1.54) is 0 Å². The lowest BCUT2D eigenvalue weighted by atomic mass is 9.93. The number of nitrogens with one attached hydrogen (secondary N) is 1. The van der Waals surface area contributed by atoms with Crippen molar-refractivity contribution in [2.75, 3.05) is 6.61 Å². The molecule has 0 saturated heterocycles. The van der Waals surface area contributed by atoms with Crippen molar-refractivity contribution >= 4 is 6.09 Å². The van der Waals surface area contributed by atoms with Gasteiger partial charge in [0.15, 0.2) is 0 Å². The molecule has 78 valence electrons. The summed E-state index contributed by atoms with van der Waals surface area (Å²) in [6.07, 6.45) is -0.310. The summed E-state index contributed by atoms with van der Waals surface area (Å²) in [4.78, 5) is 11.1. The van der Waals surface area contributed by atoms with E-state index in [4.69, 9.17) is 4.74 Å². The predicted octanol–water partition coefficient (Wildman–Crippen LogP) is 2.41. The Kier molecular flexibility index (Phi) is 5.51. The van der Waals surface area contributed by atoms with Crippen LogP contribution in [0.15, 0.2) is 0 Å². The Morgan fingerprint density at radius 3 is 2.00 bits per heavy atom. The smallest absolute Gasteiger partial charge is 0.407 e. The average molecular weight is 187 g/mol. The maximum absolute atomic E-state index is 11.1. The van der Waals surface area contributed by atoms with Gasteiger partial charge in [-0.1, -0.05) is 27.7 Å². The van der Waals surface area contributed by atoms with Crippen molar-refractivity contribution in [3.8, 4) is 0 Å². The fourth-order valence-electron chi connectivity index (χ4n) is 1.41. The lowest BCUT2D eigenvalue weighted by Gasteiger charge is -2.25. The molecule has 3 heteroatoms. The Labute approximate surface area is 80.8 Å². The van der Waals surface area contributed by atoms with E-state index < -0.39 is 0 Å². The Morgan fingerprint density at radius 1 is 1.23 bits per heavy atom. The molecule has 0 unspecified atom stereocenters. The van der Waals surface area contributed by atoms with Gasteiger partial charge in [-0.05, 0) is 18.8 Å². The minimum absolute atomic E-state index is 0.194. The van der Waals surface area contributed by atoms with Crippen LogP contribution in [0.3, 0.4) is 0 Å². The maximum atomic E-state index is 11.1. The van der Waals surface area contributed by atoms with E-state index in [0.717, 1.165) is 0 Å². The van der Waals surface area contributed by atoms with Crippen LogP contribution in [0.25, 0.3) is 0 Å². The fraction of sp³-hybridized carbons (Fsp3) is 0.900. The topological polar surface area (TPSA) is 38.3 Å². The molecular weight excluding hydrogens is 166 g/mol. The zero-order valence-electron chi connectivity index (χ0n) is 9.26. The van der Waals surface area contributed by atoms with Crippen LogP contribution < -0.4 is 5.32 Å². The Balaban J connectivity index is 4.02. The number of amides is 1. The highest BCUT2D eigenvalue weighted by molar-refractivity contribution is 5.67. The lowest BCUT2D eigenvalue weighted by molar-refractivity contribution is 0.140. The third kappa shape index (κ3) is 4.76. The van der Waals surface area contributed by atoms with Gasteiger partial charge in [0.05, 0.1) is 6.61 Å². The van der Waals surface area contributed by atoms with Gasteiger partial charge in [-0.3, -0.25) is 0 Å². The number of carbonyl (C=O) groups excluding carboxylic acids is 1. The minimum Gasteiger partial charge on any atom is -0.450 e. The van der Waals surface area contributed by atoms with E-state index >= 15 is 0 Å². The van der Waals surface area contributed by atoms with Gasteiger partial charge in [0.2, 0.25) is 0 Å². The molecule has 0 saturated carbocycles. The standard InChI is InChI=1S/C10H21NO2/c1-6-13-10(12)11-9(7(2)3)8(4)5/h7-9H,6H2,1-5H3,(H,11,12). The van der Waals surface area contributed by atoms with E-state index in [0.29, 0.717) is 18.4 Å². The summed E-state index contributed by atoms with van der Waals surface area (Å²) in [6.45, 7) is 10.6. The van der Waals surface area contributed by atoms with Gasteiger partial charge in [0.1, 0.15) is 0 Å². The molecule has 13 heavy (non-hydrogen) atoms. The predicted molar refractivity (Wildman–Crippen MR) is 53.6 cm³/mol. The van der Waals surface area contributed by atoms with Crippen LogP contribution in [0.1, 0.15) is 34.6 Å². The largest absolute Gasteiger partial charge is 0.450 e. The summed E-state index contributed by atoms with van der Waals surface area (Å²) >= 11 is 0. The zero-order chi connectivity index (χ0) is 10.4. The molecule has 0 aliphatic carbocycles. The number of ether oxygens (including phenoxy) is 1. The summed E-state index contributed by atoms with van der Waals surface area (Å²) < 4.78 is 4.82. The first-order valence-corrected chi connectivity index (χ1v) is 4.92. The van der Waals surface area contributed by atoms with Crippen LogP contribution in [0.2, 0.25) is 0 Å². The highest BCUT2D eigenvalue weighted by Crippen LogP contribution is 2.11. The first kappa shape index (κ1) is 12.3. The Morgan fingerprint density at radius 2 is 1.69 bits per heavy atom. The van der Waals surface area contributed by atoms with Gasteiger partial charge < -0.3 is 10.1 Å². The molecule has 0 atom stereocenters. The molecule has 0 spiro atoms. The minimum atomic E-state index is -0.310. The molecule has 1 amide bonds. The highest BCUT2D eigenvalue weighted by Gasteiger charge is 2.19. The summed E-state index contributed by atoms with van der Waals surface area (Å²) in [5.74, 6) is 0.869. The van der Waals surface area contributed by atoms with Crippen LogP contribution in [0.5, 0.6) is 0 Å². The average Bonchev–Trinajstić information content (AvgIpc) is 1.99. The van der Waals surface area contributed by atoms with Crippen molar-refractivity contribution in [3.63, 3.8) is 0 Å². The number of alkyl carbamates (subject to hydrolysis) is 1. The van der Waals surface area contributed by atoms with E-state index in [9.17, 15) is 4.79 Å². The van der Waals surface area contributed by atoms with E-state index in [1.807, 2.05) is 0 Å². The van der Waals surface area contributed by atoms with Crippen molar-refractivity contribution < 1.29 is 9.53 Å². The molecule has 0 aliphatic heterocycles.